The summed E-state index contributed by atoms with van der Waals surface area (Å²) in [5.74, 6) is -0.231. The van der Waals surface area contributed by atoms with E-state index in [4.69, 9.17) is 20.5 Å². The molecule has 0 aromatic heterocycles. The summed E-state index contributed by atoms with van der Waals surface area (Å²) in [6.45, 7) is 2.53. The molecule has 0 aliphatic rings. The van der Waals surface area contributed by atoms with E-state index in [1.54, 1.807) is 0 Å². The number of rotatable bonds is 27. The van der Waals surface area contributed by atoms with Gasteiger partial charge in [-0.25, -0.2) is 0 Å². The maximum atomic E-state index is 10.7. The molecular formula is C29H61NO7S. The zero-order chi connectivity index (χ0) is 28.9. The summed E-state index contributed by atoms with van der Waals surface area (Å²) < 4.78 is 29.7. The van der Waals surface area contributed by atoms with Crippen LogP contribution < -0.4 is 5.73 Å². The first kappa shape index (κ1) is 39.4. The highest BCUT2D eigenvalue weighted by Crippen LogP contribution is 2.23. The van der Waals surface area contributed by atoms with Crippen molar-refractivity contribution in [2.24, 2.45) is 11.7 Å². The van der Waals surface area contributed by atoms with Gasteiger partial charge in [-0.05, 0) is 38.0 Å². The van der Waals surface area contributed by atoms with Gasteiger partial charge in [0.1, 0.15) is 0 Å². The number of unbranched alkanes of at least 4 members (excludes halogenated alkanes) is 16. The van der Waals surface area contributed by atoms with Crippen LogP contribution in [0.5, 0.6) is 0 Å². The lowest BCUT2D eigenvalue weighted by Gasteiger charge is -2.24. The normalized spacial score (nSPS) is 13.1. The van der Waals surface area contributed by atoms with E-state index in [-0.39, 0.29) is 19.1 Å². The fourth-order valence-electron chi connectivity index (χ4n) is 4.76. The van der Waals surface area contributed by atoms with Gasteiger partial charge in [-0.3, -0.25) is 13.5 Å². The van der Waals surface area contributed by atoms with Gasteiger partial charge in [-0.2, -0.15) is 8.42 Å². The number of carboxylic acids is 1. The lowest BCUT2D eigenvalue weighted by atomic mass is 9.86. The molecule has 0 heterocycles. The van der Waals surface area contributed by atoms with E-state index >= 15 is 0 Å². The third-order valence-corrected chi connectivity index (χ3v) is 7.58. The molecule has 5 N–H and O–H groups in total. The third-order valence-electron chi connectivity index (χ3n) is 7.16. The number of nitrogens with two attached hydrogens (primary N) is 1. The van der Waals surface area contributed by atoms with Crippen LogP contribution >= 0.6 is 0 Å². The quantitative estimate of drug-likeness (QED) is 0.0591. The second kappa shape index (κ2) is 29.2. The fourth-order valence-corrected chi connectivity index (χ4v) is 4.76. The number of aliphatic hydroxyl groups is 1. The van der Waals surface area contributed by atoms with Gasteiger partial charge in [0.2, 0.25) is 0 Å². The summed E-state index contributed by atoms with van der Waals surface area (Å²) >= 11 is 0. The van der Waals surface area contributed by atoms with E-state index < -0.39 is 16.4 Å². The number of aliphatic hydroxyl groups excluding tert-OH is 1. The molecule has 38 heavy (non-hydrogen) atoms. The molecule has 0 aromatic carbocycles. The Balaban J connectivity index is 0. The summed E-state index contributed by atoms with van der Waals surface area (Å²) in [6, 6.07) is 0.223. The highest BCUT2D eigenvalue weighted by molar-refractivity contribution is 7.80. The number of hydrogen-bond donors (Lipinski definition) is 4. The van der Waals surface area contributed by atoms with Crippen molar-refractivity contribution >= 4 is 16.4 Å². The standard InChI is InChI=1S/C28H57NO3.CH4O4S/c1-2-3-4-5-6-7-8-9-10-11-12-13-14-15-16-23-27(29)26(22-19-20-25-30)21-17-18-24-28(31)32;1-5-6(2,3)4/h26-27,30H,2-25,29H2,1H3,(H,31,32);1H3,(H,2,3,4). The van der Waals surface area contributed by atoms with Crippen LogP contribution in [0.4, 0.5) is 0 Å². The van der Waals surface area contributed by atoms with Crippen LogP contribution in [0, 0.1) is 5.92 Å². The molecule has 0 aliphatic heterocycles. The van der Waals surface area contributed by atoms with Crippen molar-refractivity contribution in [3.05, 3.63) is 0 Å². The molecule has 230 valence electrons. The molecule has 0 aliphatic carbocycles. The second-order valence-electron chi connectivity index (χ2n) is 10.6. The van der Waals surface area contributed by atoms with Gasteiger partial charge in [-0.15, -0.1) is 0 Å². The minimum atomic E-state index is -4.16. The van der Waals surface area contributed by atoms with Gasteiger partial charge in [0.25, 0.3) is 0 Å². The summed E-state index contributed by atoms with van der Waals surface area (Å²) in [5, 5.41) is 17.9. The Morgan fingerprint density at radius 2 is 1.08 bits per heavy atom. The minimum Gasteiger partial charge on any atom is -0.481 e. The van der Waals surface area contributed by atoms with Crippen LogP contribution in [0.3, 0.4) is 0 Å². The second-order valence-corrected chi connectivity index (χ2v) is 11.8. The molecule has 9 heteroatoms. The summed E-state index contributed by atoms with van der Waals surface area (Å²) in [6.07, 6.45) is 27.7. The Morgan fingerprint density at radius 3 is 1.45 bits per heavy atom. The van der Waals surface area contributed by atoms with Gasteiger partial charge in [0, 0.05) is 19.1 Å². The number of hydrogen-bond acceptors (Lipinski definition) is 6. The first-order valence-corrected chi connectivity index (χ1v) is 16.7. The van der Waals surface area contributed by atoms with Crippen LogP contribution in [0.15, 0.2) is 0 Å². The van der Waals surface area contributed by atoms with Crippen molar-refractivity contribution in [3.63, 3.8) is 0 Å². The van der Waals surface area contributed by atoms with Crippen LogP contribution in [0.2, 0.25) is 0 Å². The molecule has 0 saturated carbocycles. The zero-order valence-corrected chi connectivity index (χ0v) is 25.4. The van der Waals surface area contributed by atoms with Crippen LogP contribution in [0.1, 0.15) is 155 Å². The molecular weight excluding hydrogens is 506 g/mol. The van der Waals surface area contributed by atoms with E-state index in [9.17, 15) is 13.2 Å². The van der Waals surface area contributed by atoms with Gasteiger partial charge in [-0.1, -0.05) is 116 Å². The summed E-state index contributed by atoms with van der Waals surface area (Å²) in [5.41, 5.74) is 6.52. The zero-order valence-electron chi connectivity index (χ0n) is 24.6. The van der Waals surface area contributed by atoms with Crippen molar-refractivity contribution in [1.82, 2.24) is 0 Å². The summed E-state index contributed by atoms with van der Waals surface area (Å²) in [4.78, 5) is 10.7. The third kappa shape index (κ3) is 33.3. The maximum Gasteiger partial charge on any atom is 0.397 e. The van der Waals surface area contributed by atoms with E-state index in [1.165, 1.54) is 96.3 Å². The molecule has 0 amide bonds. The van der Waals surface area contributed by atoms with E-state index in [0.717, 1.165) is 52.1 Å². The van der Waals surface area contributed by atoms with Crippen LogP contribution in [-0.2, 0) is 19.4 Å². The molecule has 0 aromatic rings. The monoisotopic (exact) mass is 567 g/mol. The first-order chi connectivity index (χ1) is 18.2. The van der Waals surface area contributed by atoms with Crippen molar-refractivity contribution in [2.75, 3.05) is 13.7 Å². The number of aliphatic carboxylic acids is 1. The van der Waals surface area contributed by atoms with Crippen molar-refractivity contribution in [3.8, 4) is 0 Å². The number of carbonyl (C=O) groups is 1. The topological polar surface area (TPSA) is 147 Å². The smallest absolute Gasteiger partial charge is 0.397 e. The van der Waals surface area contributed by atoms with Gasteiger partial charge in [0.05, 0.1) is 7.11 Å². The van der Waals surface area contributed by atoms with E-state index in [0.29, 0.717) is 5.92 Å². The van der Waals surface area contributed by atoms with Gasteiger partial charge < -0.3 is 15.9 Å². The molecule has 2 unspecified atom stereocenters. The number of carboxylic acid groups (broad SMARTS) is 1. The molecule has 0 bridgehead atoms. The fraction of sp³-hybridized carbons (Fsp3) is 0.966. The molecule has 8 nitrogen and oxygen atoms in total. The molecule has 0 radical (unpaired) electrons. The van der Waals surface area contributed by atoms with Crippen LogP contribution in [0.25, 0.3) is 0 Å². The maximum absolute atomic E-state index is 10.7. The minimum absolute atomic E-state index is 0.223. The average molecular weight is 568 g/mol. The Bertz CT molecular complexity index is 602. The highest BCUT2D eigenvalue weighted by Gasteiger charge is 2.17. The Kier molecular flexibility index (Phi) is 30.3. The SMILES string of the molecule is CCCCCCCCCCCCCCCCCC(N)C(CCCCO)CCCCC(=O)O.COS(=O)(=O)O. The molecule has 0 spiro atoms. The Morgan fingerprint density at radius 1 is 0.711 bits per heavy atom. The molecule has 0 fully saturated rings. The average Bonchev–Trinajstić information content (AvgIpc) is 2.87. The van der Waals surface area contributed by atoms with Crippen molar-refractivity contribution < 1.29 is 32.2 Å². The largest absolute Gasteiger partial charge is 0.481 e. The lowest BCUT2D eigenvalue weighted by molar-refractivity contribution is -0.137. The lowest BCUT2D eigenvalue weighted by Crippen LogP contribution is -2.30. The van der Waals surface area contributed by atoms with Crippen molar-refractivity contribution in [2.45, 2.75) is 161 Å². The first-order valence-electron chi connectivity index (χ1n) is 15.3. The van der Waals surface area contributed by atoms with Crippen molar-refractivity contribution in [1.29, 1.82) is 0 Å². The highest BCUT2D eigenvalue weighted by atomic mass is 32.3. The Hall–Kier alpha value is -0.740. The molecule has 0 rings (SSSR count). The molecule has 2 atom stereocenters. The van der Waals surface area contributed by atoms with E-state index in [1.807, 2.05) is 0 Å². The van der Waals surface area contributed by atoms with Gasteiger partial charge >= 0.3 is 16.4 Å². The predicted octanol–water partition coefficient (Wildman–Crippen LogP) is 7.43. The van der Waals surface area contributed by atoms with Gasteiger partial charge in [0.15, 0.2) is 0 Å². The molecule has 0 saturated heterocycles. The van der Waals surface area contributed by atoms with E-state index in [2.05, 4.69) is 11.1 Å². The predicted molar refractivity (Wildman–Crippen MR) is 157 cm³/mol. The van der Waals surface area contributed by atoms with Crippen LogP contribution in [-0.4, -0.2) is 48.9 Å². The summed E-state index contributed by atoms with van der Waals surface area (Å²) in [7, 11) is -3.29. The Labute approximate surface area is 234 Å².